The monoisotopic (exact) mass is 388 g/mol. The molecule has 0 bridgehead atoms. The van der Waals surface area contributed by atoms with E-state index >= 15 is 0 Å². The number of primary amides is 1. The van der Waals surface area contributed by atoms with Crippen molar-refractivity contribution < 1.29 is 9.18 Å². The summed E-state index contributed by atoms with van der Waals surface area (Å²) in [5, 5.41) is 1.01. The molecule has 0 aliphatic rings. The van der Waals surface area contributed by atoms with Crippen LogP contribution < -0.4 is 5.73 Å². The van der Waals surface area contributed by atoms with Crippen LogP contribution in [-0.2, 0) is 11.2 Å². The van der Waals surface area contributed by atoms with Gasteiger partial charge in [0.2, 0.25) is 5.91 Å². The topological polar surface area (TPSA) is 56.0 Å². The van der Waals surface area contributed by atoms with Crippen LogP contribution in [0.15, 0.2) is 60.9 Å². The first-order valence-electron chi connectivity index (χ1n) is 7.88. The molecule has 0 saturated heterocycles. The largest absolute Gasteiger partial charge is 0.369 e. The maximum absolute atomic E-state index is 14.1. The highest BCUT2D eigenvalue weighted by Crippen LogP contribution is 2.28. The molecular weight excluding hydrogens is 374 g/mol. The van der Waals surface area contributed by atoms with Gasteiger partial charge in [0, 0.05) is 33.6 Å². The molecule has 26 heavy (non-hydrogen) atoms. The molecule has 1 heterocycles. The average Bonchev–Trinajstić information content (AvgIpc) is 2.63. The van der Waals surface area contributed by atoms with Crippen molar-refractivity contribution in [1.29, 1.82) is 0 Å². The highest BCUT2D eigenvalue weighted by Gasteiger charge is 2.19. The first kappa shape index (κ1) is 18.4. The van der Waals surface area contributed by atoms with Crippen molar-refractivity contribution in [1.82, 2.24) is 4.98 Å². The van der Waals surface area contributed by atoms with Crippen molar-refractivity contribution in [3.8, 4) is 11.1 Å². The summed E-state index contributed by atoms with van der Waals surface area (Å²) in [6.45, 7) is 0. The maximum atomic E-state index is 14.1. The third kappa shape index (κ3) is 4.21. The third-order valence-corrected chi connectivity index (χ3v) is 4.58. The zero-order valence-electron chi connectivity index (χ0n) is 13.6. The lowest BCUT2D eigenvalue weighted by atomic mass is 9.91. The molecular formula is C20H15Cl2FN2O. The van der Waals surface area contributed by atoms with Gasteiger partial charge in [-0.3, -0.25) is 9.78 Å². The van der Waals surface area contributed by atoms with Gasteiger partial charge in [-0.05, 0) is 53.9 Å². The molecule has 3 aromatic rings. The molecule has 1 amide bonds. The van der Waals surface area contributed by atoms with E-state index in [4.69, 9.17) is 28.9 Å². The van der Waals surface area contributed by atoms with Gasteiger partial charge >= 0.3 is 0 Å². The fourth-order valence-electron chi connectivity index (χ4n) is 2.78. The minimum absolute atomic E-state index is 0.347. The number of hydrogen-bond donors (Lipinski definition) is 1. The van der Waals surface area contributed by atoms with Gasteiger partial charge in [0.1, 0.15) is 5.82 Å². The van der Waals surface area contributed by atoms with Gasteiger partial charge in [-0.1, -0.05) is 35.3 Å². The van der Waals surface area contributed by atoms with Gasteiger partial charge in [0.05, 0.1) is 5.92 Å². The second-order valence-corrected chi connectivity index (χ2v) is 6.79. The SMILES string of the molecule is NC(=O)C(Cc1cncc(-c2cc(Cl)ccc2F)c1)c1ccc(Cl)cc1. The Kier molecular flexibility index (Phi) is 5.55. The van der Waals surface area contributed by atoms with Crippen LogP contribution in [0, 0.1) is 5.82 Å². The lowest BCUT2D eigenvalue weighted by Crippen LogP contribution is -2.23. The number of amides is 1. The Morgan fingerprint density at radius 2 is 1.73 bits per heavy atom. The van der Waals surface area contributed by atoms with Crippen LogP contribution >= 0.6 is 23.2 Å². The molecule has 3 rings (SSSR count). The van der Waals surface area contributed by atoms with Crippen molar-refractivity contribution in [2.45, 2.75) is 12.3 Å². The number of pyridine rings is 1. The number of benzene rings is 2. The Morgan fingerprint density at radius 3 is 2.42 bits per heavy atom. The summed E-state index contributed by atoms with van der Waals surface area (Å²) in [6, 6.07) is 13.1. The van der Waals surface area contributed by atoms with Crippen LogP contribution in [-0.4, -0.2) is 10.9 Å². The molecule has 0 spiro atoms. The van der Waals surface area contributed by atoms with E-state index in [-0.39, 0.29) is 0 Å². The molecule has 0 saturated carbocycles. The molecule has 0 radical (unpaired) electrons. The van der Waals surface area contributed by atoms with E-state index in [0.29, 0.717) is 27.6 Å². The Morgan fingerprint density at radius 1 is 1.04 bits per heavy atom. The fraction of sp³-hybridized carbons (Fsp3) is 0.100. The summed E-state index contributed by atoms with van der Waals surface area (Å²) in [5.74, 6) is -1.38. The second kappa shape index (κ2) is 7.85. The predicted molar refractivity (Wildman–Crippen MR) is 102 cm³/mol. The van der Waals surface area contributed by atoms with Gasteiger partial charge < -0.3 is 5.73 Å². The summed E-state index contributed by atoms with van der Waals surface area (Å²) < 4.78 is 14.1. The minimum atomic E-state index is -0.534. The number of nitrogens with zero attached hydrogens (tertiary/aromatic N) is 1. The molecule has 2 aromatic carbocycles. The lowest BCUT2D eigenvalue weighted by molar-refractivity contribution is -0.119. The quantitative estimate of drug-likeness (QED) is 0.667. The zero-order valence-corrected chi connectivity index (χ0v) is 15.1. The maximum Gasteiger partial charge on any atom is 0.225 e. The number of hydrogen-bond acceptors (Lipinski definition) is 2. The Bertz CT molecular complexity index is 945. The lowest BCUT2D eigenvalue weighted by Gasteiger charge is -2.15. The normalized spacial score (nSPS) is 12.0. The fourth-order valence-corrected chi connectivity index (χ4v) is 3.08. The molecule has 1 unspecified atom stereocenters. The van der Waals surface area contributed by atoms with E-state index in [1.165, 1.54) is 12.1 Å². The first-order valence-corrected chi connectivity index (χ1v) is 8.64. The molecule has 0 aliphatic heterocycles. The molecule has 6 heteroatoms. The highest BCUT2D eigenvalue weighted by molar-refractivity contribution is 6.31. The summed E-state index contributed by atoms with van der Waals surface area (Å²) >= 11 is 11.9. The molecule has 3 nitrogen and oxygen atoms in total. The molecule has 1 atom stereocenters. The number of nitrogens with two attached hydrogens (primary N) is 1. The highest BCUT2D eigenvalue weighted by atomic mass is 35.5. The summed E-state index contributed by atoms with van der Waals surface area (Å²) in [7, 11) is 0. The number of carbonyl (C=O) groups is 1. The molecule has 132 valence electrons. The molecule has 1 aromatic heterocycles. The van der Waals surface area contributed by atoms with E-state index in [9.17, 15) is 9.18 Å². The smallest absolute Gasteiger partial charge is 0.225 e. The van der Waals surface area contributed by atoms with Gasteiger partial charge in [0.25, 0.3) is 0 Å². The Balaban J connectivity index is 1.93. The standard InChI is InChI=1S/C20H15Cl2FN2O/c21-15-3-1-13(2-4-15)18(20(24)26)8-12-7-14(11-25-10-12)17-9-16(22)5-6-19(17)23/h1-7,9-11,18H,8H2,(H2,24,26). The number of rotatable bonds is 5. The summed E-state index contributed by atoms with van der Waals surface area (Å²) in [4.78, 5) is 16.1. The van der Waals surface area contributed by atoms with Crippen molar-refractivity contribution >= 4 is 29.1 Å². The molecule has 0 aliphatic carbocycles. The number of carbonyl (C=O) groups excluding carboxylic acids is 1. The van der Waals surface area contributed by atoms with Crippen molar-refractivity contribution in [3.05, 3.63) is 87.9 Å². The Labute approximate surface area is 160 Å². The van der Waals surface area contributed by atoms with Crippen LogP contribution in [0.4, 0.5) is 4.39 Å². The van der Waals surface area contributed by atoms with E-state index in [2.05, 4.69) is 4.98 Å². The van der Waals surface area contributed by atoms with E-state index in [1.807, 2.05) is 0 Å². The van der Waals surface area contributed by atoms with E-state index in [0.717, 1.165) is 11.1 Å². The van der Waals surface area contributed by atoms with Crippen LogP contribution in [0.3, 0.4) is 0 Å². The second-order valence-electron chi connectivity index (χ2n) is 5.92. The van der Waals surface area contributed by atoms with Gasteiger partial charge in [-0.15, -0.1) is 0 Å². The van der Waals surface area contributed by atoms with Crippen molar-refractivity contribution in [2.24, 2.45) is 5.73 Å². The van der Waals surface area contributed by atoms with Crippen LogP contribution in [0.5, 0.6) is 0 Å². The van der Waals surface area contributed by atoms with Crippen LogP contribution in [0.25, 0.3) is 11.1 Å². The van der Waals surface area contributed by atoms with Gasteiger partial charge in [-0.2, -0.15) is 0 Å². The molecule has 2 N–H and O–H groups in total. The van der Waals surface area contributed by atoms with Crippen LogP contribution in [0.1, 0.15) is 17.0 Å². The summed E-state index contributed by atoms with van der Waals surface area (Å²) in [6.07, 6.45) is 3.54. The average molecular weight is 389 g/mol. The van der Waals surface area contributed by atoms with Crippen molar-refractivity contribution in [2.75, 3.05) is 0 Å². The van der Waals surface area contributed by atoms with Crippen molar-refractivity contribution in [3.63, 3.8) is 0 Å². The third-order valence-electron chi connectivity index (χ3n) is 4.09. The number of aromatic nitrogens is 1. The van der Waals surface area contributed by atoms with E-state index in [1.54, 1.807) is 48.8 Å². The Hall–Kier alpha value is -2.43. The first-order chi connectivity index (χ1) is 12.4. The van der Waals surface area contributed by atoms with Crippen LogP contribution in [0.2, 0.25) is 10.0 Å². The van der Waals surface area contributed by atoms with Gasteiger partial charge in [0.15, 0.2) is 0 Å². The predicted octanol–water partition coefficient (Wildman–Crippen LogP) is 5.01. The van der Waals surface area contributed by atoms with Gasteiger partial charge in [-0.25, -0.2) is 4.39 Å². The number of halogens is 3. The minimum Gasteiger partial charge on any atom is -0.369 e. The summed E-state index contributed by atoms with van der Waals surface area (Å²) in [5.41, 5.74) is 8.05. The van der Waals surface area contributed by atoms with E-state index < -0.39 is 17.6 Å². The zero-order chi connectivity index (χ0) is 18.7. The molecule has 0 fully saturated rings.